The first-order valence-corrected chi connectivity index (χ1v) is 9.82. The minimum absolute atomic E-state index is 0.0522. The summed E-state index contributed by atoms with van der Waals surface area (Å²) in [6.45, 7) is -0.120. The lowest BCUT2D eigenvalue weighted by molar-refractivity contribution is -0.125. The summed E-state index contributed by atoms with van der Waals surface area (Å²) in [6, 6.07) is 15.7. The lowest BCUT2D eigenvalue weighted by Gasteiger charge is -2.15. The van der Waals surface area contributed by atoms with Gasteiger partial charge in [0, 0.05) is 20.6 Å². The summed E-state index contributed by atoms with van der Waals surface area (Å²) in [7, 11) is -0.701. The van der Waals surface area contributed by atoms with E-state index in [1.54, 1.807) is 18.2 Å². The van der Waals surface area contributed by atoms with Crippen molar-refractivity contribution in [2.45, 2.75) is 17.9 Å². The molecule has 0 spiro atoms. The third-order valence-electron chi connectivity index (χ3n) is 3.86. The molecule has 0 saturated heterocycles. The molecule has 0 atom stereocenters. The highest BCUT2D eigenvalue weighted by molar-refractivity contribution is 7.89. The number of nitrogens with one attached hydrogen (secondary N) is 2. The number of carbonyl (C=O) groups is 2. The van der Waals surface area contributed by atoms with E-state index in [-0.39, 0.29) is 30.3 Å². The third-order valence-corrected chi connectivity index (χ3v) is 5.78. The van der Waals surface area contributed by atoms with Crippen molar-refractivity contribution >= 4 is 21.8 Å². The van der Waals surface area contributed by atoms with Crippen molar-refractivity contribution in [1.29, 1.82) is 0 Å². The molecule has 0 aliphatic heterocycles. The molecular formula is C19H23N3O4S. The van der Waals surface area contributed by atoms with Gasteiger partial charge in [-0.2, -0.15) is 0 Å². The maximum absolute atomic E-state index is 12.3. The van der Waals surface area contributed by atoms with E-state index in [1.165, 1.54) is 20.2 Å². The second kappa shape index (κ2) is 9.29. The van der Waals surface area contributed by atoms with Crippen molar-refractivity contribution in [2.24, 2.45) is 0 Å². The fourth-order valence-electron chi connectivity index (χ4n) is 2.38. The normalized spacial score (nSPS) is 11.2. The Balaban J connectivity index is 1.88. The Morgan fingerprint density at radius 2 is 1.52 bits per heavy atom. The molecule has 2 aromatic rings. The van der Waals surface area contributed by atoms with Crippen LogP contribution < -0.4 is 10.6 Å². The van der Waals surface area contributed by atoms with Gasteiger partial charge < -0.3 is 10.6 Å². The van der Waals surface area contributed by atoms with Gasteiger partial charge in [0.15, 0.2) is 0 Å². The Morgan fingerprint density at radius 3 is 2.19 bits per heavy atom. The van der Waals surface area contributed by atoms with Gasteiger partial charge in [0.05, 0.1) is 17.9 Å². The van der Waals surface area contributed by atoms with Gasteiger partial charge in [-0.1, -0.05) is 48.5 Å². The number of hydrogen-bond acceptors (Lipinski definition) is 4. The first kappa shape index (κ1) is 20.6. The zero-order valence-corrected chi connectivity index (χ0v) is 16.1. The second-order valence-electron chi connectivity index (χ2n) is 6.11. The SMILES string of the molecule is CN(C)S(=O)(=O)c1ccccc1CNC(=O)CNC(=O)Cc1ccccc1. The van der Waals surface area contributed by atoms with Crippen molar-refractivity contribution in [3.8, 4) is 0 Å². The highest BCUT2D eigenvalue weighted by Gasteiger charge is 2.20. The number of sulfonamides is 1. The monoisotopic (exact) mass is 389 g/mol. The van der Waals surface area contributed by atoms with Crippen molar-refractivity contribution in [3.63, 3.8) is 0 Å². The average molecular weight is 389 g/mol. The van der Waals surface area contributed by atoms with Gasteiger partial charge >= 0.3 is 0 Å². The van der Waals surface area contributed by atoms with Crippen LogP contribution in [-0.2, 0) is 32.6 Å². The van der Waals surface area contributed by atoms with Crippen molar-refractivity contribution in [1.82, 2.24) is 14.9 Å². The molecule has 27 heavy (non-hydrogen) atoms. The number of hydrogen-bond donors (Lipinski definition) is 2. The summed E-state index contributed by atoms with van der Waals surface area (Å²) in [5.74, 6) is -0.652. The molecule has 2 rings (SSSR count). The first-order chi connectivity index (χ1) is 12.8. The summed E-state index contributed by atoms with van der Waals surface area (Å²) in [4.78, 5) is 24.0. The molecule has 7 nitrogen and oxygen atoms in total. The first-order valence-electron chi connectivity index (χ1n) is 8.38. The van der Waals surface area contributed by atoms with Crippen LogP contribution in [0.1, 0.15) is 11.1 Å². The van der Waals surface area contributed by atoms with Crippen LogP contribution in [0.15, 0.2) is 59.5 Å². The van der Waals surface area contributed by atoms with Gasteiger partial charge in [0.1, 0.15) is 0 Å². The summed E-state index contributed by atoms with van der Waals surface area (Å²) >= 11 is 0. The fraction of sp³-hybridized carbons (Fsp3) is 0.263. The smallest absolute Gasteiger partial charge is 0.242 e. The average Bonchev–Trinajstić information content (AvgIpc) is 2.65. The van der Waals surface area contributed by atoms with E-state index >= 15 is 0 Å². The molecule has 0 unspecified atom stereocenters. The topological polar surface area (TPSA) is 95.6 Å². The minimum atomic E-state index is -3.60. The number of rotatable bonds is 8. The number of amides is 2. The minimum Gasteiger partial charge on any atom is -0.350 e. The summed E-state index contributed by atoms with van der Waals surface area (Å²) in [6.07, 6.45) is 0.192. The van der Waals surface area contributed by atoms with E-state index < -0.39 is 15.9 Å². The van der Waals surface area contributed by atoms with E-state index in [0.29, 0.717) is 5.56 Å². The van der Waals surface area contributed by atoms with Crippen LogP contribution in [0.4, 0.5) is 0 Å². The molecule has 0 heterocycles. The number of benzene rings is 2. The Hall–Kier alpha value is -2.71. The van der Waals surface area contributed by atoms with E-state index in [4.69, 9.17) is 0 Å². The molecule has 0 aromatic heterocycles. The van der Waals surface area contributed by atoms with Gasteiger partial charge in [-0.25, -0.2) is 12.7 Å². The molecule has 2 aromatic carbocycles. The molecule has 2 N–H and O–H groups in total. The second-order valence-corrected chi connectivity index (χ2v) is 8.23. The van der Waals surface area contributed by atoms with E-state index in [0.717, 1.165) is 9.87 Å². The highest BCUT2D eigenvalue weighted by atomic mass is 32.2. The van der Waals surface area contributed by atoms with Gasteiger partial charge in [0.25, 0.3) is 0 Å². The molecule has 0 fully saturated rings. The Morgan fingerprint density at radius 1 is 0.889 bits per heavy atom. The van der Waals surface area contributed by atoms with Crippen molar-refractivity contribution in [3.05, 3.63) is 65.7 Å². The van der Waals surface area contributed by atoms with Crippen molar-refractivity contribution < 1.29 is 18.0 Å². The molecule has 0 aliphatic rings. The molecule has 8 heteroatoms. The van der Waals surface area contributed by atoms with Crippen LogP contribution in [0.3, 0.4) is 0 Å². The van der Waals surface area contributed by atoms with Crippen LogP contribution in [0.2, 0.25) is 0 Å². The zero-order valence-electron chi connectivity index (χ0n) is 15.3. The largest absolute Gasteiger partial charge is 0.350 e. The molecule has 2 amide bonds. The molecule has 144 valence electrons. The fourth-order valence-corrected chi connectivity index (χ4v) is 3.49. The van der Waals surface area contributed by atoms with Crippen LogP contribution >= 0.6 is 0 Å². The quantitative estimate of drug-likeness (QED) is 0.702. The lowest BCUT2D eigenvalue weighted by Crippen LogP contribution is -2.37. The molecule has 0 radical (unpaired) electrons. The van der Waals surface area contributed by atoms with Gasteiger partial charge in [-0.3, -0.25) is 9.59 Å². The predicted molar refractivity (Wildman–Crippen MR) is 102 cm³/mol. The maximum atomic E-state index is 12.3. The summed E-state index contributed by atoms with van der Waals surface area (Å²) in [5.41, 5.74) is 1.34. The lowest BCUT2D eigenvalue weighted by atomic mass is 10.1. The molecule has 0 aliphatic carbocycles. The predicted octanol–water partition coefficient (Wildman–Crippen LogP) is 0.912. The zero-order chi connectivity index (χ0) is 19.9. The van der Waals surface area contributed by atoms with E-state index in [2.05, 4.69) is 10.6 Å². The van der Waals surface area contributed by atoms with E-state index in [9.17, 15) is 18.0 Å². The number of nitrogens with zero attached hydrogens (tertiary/aromatic N) is 1. The standard InChI is InChI=1S/C19H23N3O4S/c1-22(2)27(25,26)17-11-7-6-10-16(17)13-20-19(24)14-21-18(23)12-15-8-4-3-5-9-15/h3-11H,12-14H2,1-2H3,(H,20,24)(H,21,23). The summed E-state index contributed by atoms with van der Waals surface area (Å²) in [5, 5.41) is 5.19. The summed E-state index contributed by atoms with van der Waals surface area (Å²) < 4.78 is 25.8. The Kier molecular flexibility index (Phi) is 7.09. The van der Waals surface area contributed by atoms with Crippen molar-refractivity contribution in [2.75, 3.05) is 20.6 Å². The van der Waals surface area contributed by atoms with Crippen LogP contribution in [-0.4, -0.2) is 45.2 Å². The molecule has 0 saturated carbocycles. The van der Waals surface area contributed by atoms with Crippen LogP contribution in [0.25, 0.3) is 0 Å². The van der Waals surface area contributed by atoms with E-state index in [1.807, 2.05) is 30.3 Å². The molecular weight excluding hydrogens is 366 g/mol. The van der Waals surface area contributed by atoms with Crippen LogP contribution in [0.5, 0.6) is 0 Å². The van der Waals surface area contributed by atoms with Gasteiger partial charge in [-0.15, -0.1) is 0 Å². The Bertz CT molecular complexity index is 896. The third kappa shape index (κ3) is 5.90. The number of carbonyl (C=O) groups excluding carboxylic acids is 2. The Labute approximate surface area is 159 Å². The maximum Gasteiger partial charge on any atom is 0.242 e. The molecule has 0 bridgehead atoms. The van der Waals surface area contributed by atoms with Gasteiger partial charge in [-0.05, 0) is 17.2 Å². The highest BCUT2D eigenvalue weighted by Crippen LogP contribution is 2.18. The van der Waals surface area contributed by atoms with Gasteiger partial charge in [0.2, 0.25) is 21.8 Å². The van der Waals surface area contributed by atoms with Crippen LogP contribution in [0, 0.1) is 0 Å².